The fraction of sp³-hybridized carbons (Fsp3) is 1.00. The Kier molecular flexibility index (Phi) is 17.8. The molecule has 0 heteroatoms. The Bertz CT molecular complexity index is 603. The van der Waals surface area contributed by atoms with Crippen molar-refractivity contribution in [3.8, 4) is 0 Å². The second kappa shape index (κ2) is 18.7. The van der Waals surface area contributed by atoms with Gasteiger partial charge in [0.05, 0.1) is 0 Å². The van der Waals surface area contributed by atoms with Crippen molar-refractivity contribution in [3.05, 3.63) is 0 Å². The lowest BCUT2D eigenvalue weighted by Gasteiger charge is -2.37. The fourth-order valence-electron chi connectivity index (χ4n) is 7.12. The Hall–Kier alpha value is 0. The molecule has 6 saturated carbocycles. The largest absolute Gasteiger partial charge is 0.0651 e. The van der Waals surface area contributed by atoms with Gasteiger partial charge in [-0.15, -0.1) is 0 Å². The molecule has 0 aliphatic heterocycles. The Morgan fingerprint density at radius 1 is 0.415 bits per heavy atom. The van der Waals surface area contributed by atoms with Gasteiger partial charge >= 0.3 is 0 Å². The molecule has 0 aromatic rings. The molecule has 0 aromatic heterocycles. The minimum absolute atomic E-state index is 0.736. The van der Waals surface area contributed by atoms with Gasteiger partial charge in [0, 0.05) is 0 Å². The highest BCUT2D eigenvalue weighted by molar-refractivity contribution is 4.90. The zero-order valence-corrected chi connectivity index (χ0v) is 31.2. The summed E-state index contributed by atoms with van der Waals surface area (Å²) >= 11 is 0. The highest BCUT2D eigenvalue weighted by atomic mass is 14.4. The summed E-state index contributed by atoms with van der Waals surface area (Å²) in [7, 11) is 0. The van der Waals surface area contributed by atoms with E-state index >= 15 is 0 Å². The van der Waals surface area contributed by atoms with Gasteiger partial charge in [-0.2, -0.15) is 0 Å². The molecule has 0 unspecified atom stereocenters. The molecular weight excluding hydrogens is 492 g/mol. The number of hydrogen-bond acceptors (Lipinski definition) is 0. The van der Waals surface area contributed by atoms with Crippen LogP contribution in [0.1, 0.15) is 218 Å². The third-order valence-corrected chi connectivity index (χ3v) is 13.2. The summed E-state index contributed by atoms with van der Waals surface area (Å²) in [4.78, 5) is 0. The summed E-state index contributed by atoms with van der Waals surface area (Å²) in [6.45, 7) is 27.9. The molecule has 0 amide bonds. The Morgan fingerprint density at radius 3 is 0.829 bits per heavy atom. The van der Waals surface area contributed by atoms with Crippen molar-refractivity contribution in [3.63, 3.8) is 0 Å². The monoisotopic (exact) mass is 575 g/mol. The molecule has 6 fully saturated rings. The molecule has 0 saturated heterocycles. The summed E-state index contributed by atoms with van der Waals surface area (Å²) in [6, 6.07) is 0. The van der Waals surface area contributed by atoms with E-state index in [4.69, 9.17) is 0 Å². The topological polar surface area (TPSA) is 0 Å². The lowest BCUT2D eigenvalue weighted by atomic mass is 9.69. The first-order chi connectivity index (χ1) is 19.2. The van der Waals surface area contributed by atoms with Crippen molar-refractivity contribution < 1.29 is 0 Å². The van der Waals surface area contributed by atoms with Crippen LogP contribution >= 0.6 is 0 Å². The van der Waals surface area contributed by atoms with Crippen LogP contribution in [0.25, 0.3) is 0 Å². The van der Waals surface area contributed by atoms with Crippen LogP contribution in [-0.2, 0) is 0 Å². The average molecular weight is 575 g/mol. The zero-order valence-electron chi connectivity index (χ0n) is 31.2. The zero-order chi connectivity index (χ0) is 31.2. The van der Waals surface area contributed by atoms with Crippen LogP contribution in [0.3, 0.4) is 0 Å². The highest BCUT2D eigenvalue weighted by Crippen LogP contribution is 2.51. The Labute approximate surface area is 262 Å². The van der Waals surface area contributed by atoms with E-state index in [2.05, 4.69) is 83.1 Å². The summed E-state index contributed by atoms with van der Waals surface area (Å²) in [5, 5.41) is 0. The molecule has 0 spiro atoms. The quantitative estimate of drug-likeness (QED) is 0.296. The maximum atomic E-state index is 2.42. The molecular formula is C41H82. The number of rotatable bonds is 6. The predicted octanol–water partition coefficient (Wildman–Crippen LogP) is 14.8. The average Bonchev–Trinajstić information content (AvgIpc) is 3.84. The van der Waals surface area contributed by atoms with Gasteiger partial charge in [0.1, 0.15) is 0 Å². The van der Waals surface area contributed by atoms with Crippen molar-refractivity contribution >= 4 is 0 Å². The minimum atomic E-state index is 0.736. The van der Waals surface area contributed by atoms with Gasteiger partial charge in [0.2, 0.25) is 0 Å². The van der Waals surface area contributed by atoms with Crippen molar-refractivity contribution in [2.75, 3.05) is 0 Å². The molecule has 6 aliphatic carbocycles. The second-order valence-electron chi connectivity index (χ2n) is 17.3. The fourth-order valence-corrected chi connectivity index (χ4v) is 7.12. The minimum Gasteiger partial charge on any atom is -0.0651 e. The standard InChI is InChI=1S/C8H16.3C7H14.2C6H12/c1-3-8(2)6-4-5-7-8;1-3-7-4-6(2)5-7;1-3-7(2)5-4-6-7;1-3-7(4-2)5-6-7;1-5-3-6(2)4-5;1-3-6(2)4-5-6/h3-7H2,1-2H3;6-7H,3-5H2,1-2H3;2*3-6H2,1-2H3;5-6H,3-4H2,1-2H3;3-5H2,1-2H3. The third kappa shape index (κ3) is 16.0. The van der Waals surface area contributed by atoms with E-state index in [1.165, 1.54) is 135 Å². The summed E-state index contributed by atoms with van der Waals surface area (Å²) in [5.74, 6) is 4.22. The Balaban J connectivity index is 0.000000247. The van der Waals surface area contributed by atoms with Crippen LogP contribution in [0.4, 0.5) is 0 Å². The van der Waals surface area contributed by atoms with Gasteiger partial charge in [0.25, 0.3) is 0 Å². The van der Waals surface area contributed by atoms with Crippen molar-refractivity contribution in [1.29, 1.82) is 0 Å². The highest BCUT2D eigenvalue weighted by Gasteiger charge is 2.38. The summed E-state index contributed by atoms with van der Waals surface area (Å²) in [6.07, 6.45) is 30.6. The van der Waals surface area contributed by atoms with Crippen LogP contribution in [0.15, 0.2) is 0 Å². The molecule has 246 valence electrons. The maximum Gasteiger partial charge on any atom is -0.0302 e. The van der Waals surface area contributed by atoms with Crippen molar-refractivity contribution in [2.45, 2.75) is 218 Å². The summed E-state index contributed by atoms with van der Waals surface area (Å²) in [5.41, 5.74) is 3.13. The van der Waals surface area contributed by atoms with E-state index in [0.717, 1.165) is 45.3 Å². The third-order valence-electron chi connectivity index (χ3n) is 13.2. The molecule has 0 radical (unpaired) electrons. The first-order valence-corrected chi connectivity index (χ1v) is 19.2. The molecule has 0 atom stereocenters. The smallest absolute Gasteiger partial charge is 0.0302 e. The van der Waals surface area contributed by atoms with Crippen molar-refractivity contribution in [2.24, 2.45) is 45.3 Å². The predicted molar refractivity (Wildman–Crippen MR) is 189 cm³/mol. The van der Waals surface area contributed by atoms with Gasteiger partial charge in [0.15, 0.2) is 0 Å². The van der Waals surface area contributed by atoms with E-state index in [-0.39, 0.29) is 0 Å². The van der Waals surface area contributed by atoms with E-state index < -0.39 is 0 Å². The van der Waals surface area contributed by atoms with Gasteiger partial charge < -0.3 is 0 Å². The van der Waals surface area contributed by atoms with Crippen LogP contribution < -0.4 is 0 Å². The first kappa shape index (κ1) is 39.0. The normalized spacial score (nSPS) is 31.3. The Morgan fingerprint density at radius 2 is 0.756 bits per heavy atom. The second-order valence-corrected chi connectivity index (χ2v) is 17.3. The van der Waals surface area contributed by atoms with Crippen LogP contribution in [-0.4, -0.2) is 0 Å². The lowest BCUT2D eigenvalue weighted by molar-refractivity contribution is 0.155. The van der Waals surface area contributed by atoms with Gasteiger partial charge in [-0.1, -0.05) is 141 Å². The summed E-state index contributed by atoms with van der Waals surface area (Å²) < 4.78 is 0. The van der Waals surface area contributed by atoms with E-state index in [1.54, 1.807) is 0 Å². The van der Waals surface area contributed by atoms with E-state index in [0.29, 0.717) is 0 Å². The van der Waals surface area contributed by atoms with Gasteiger partial charge in [-0.3, -0.25) is 0 Å². The van der Waals surface area contributed by atoms with Crippen LogP contribution in [0.5, 0.6) is 0 Å². The van der Waals surface area contributed by atoms with Crippen molar-refractivity contribution in [1.82, 2.24) is 0 Å². The van der Waals surface area contributed by atoms with E-state index in [1.807, 2.05) is 0 Å². The van der Waals surface area contributed by atoms with Gasteiger partial charge in [-0.25, -0.2) is 0 Å². The first-order valence-electron chi connectivity index (χ1n) is 19.2. The lowest BCUT2D eigenvalue weighted by Crippen LogP contribution is -2.23. The van der Waals surface area contributed by atoms with E-state index in [9.17, 15) is 0 Å². The molecule has 0 bridgehead atoms. The molecule has 0 nitrogen and oxygen atoms in total. The molecule has 0 N–H and O–H groups in total. The molecule has 0 heterocycles. The molecule has 6 rings (SSSR count). The molecule has 0 aromatic carbocycles. The van der Waals surface area contributed by atoms with Gasteiger partial charge in [-0.05, 0) is 122 Å². The van der Waals surface area contributed by atoms with Crippen LogP contribution in [0.2, 0.25) is 0 Å². The number of hydrogen-bond donors (Lipinski definition) is 0. The maximum absolute atomic E-state index is 2.42. The van der Waals surface area contributed by atoms with Crippen LogP contribution in [0, 0.1) is 45.3 Å². The molecule has 41 heavy (non-hydrogen) atoms. The molecule has 6 aliphatic rings. The SMILES string of the molecule is CC1CC(C)C1.CCC1(C)CC1.CCC1(C)CCC1.CCC1(C)CCCC1.CCC1(CC)CC1.CCC1CC(C)C1.